The van der Waals surface area contributed by atoms with Gasteiger partial charge in [0.25, 0.3) is 5.91 Å². The molecule has 2 atom stereocenters. The Morgan fingerprint density at radius 2 is 1.72 bits per heavy atom. The number of methoxy groups -OCH3 is 1. The van der Waals surface area contributed by atoms with Crippen LogP contribution >= 0.6 is 0 Å². The molecule has 46 heavy (non-hydrogen) atoms. The number of carbonyl (C=O) groups excluding carboxylic acids is 1. The molecule has 4 aromatic carbocycles. The second-order valence-corrected chi connectivity index (χ2v) is 12.8. The van der Waals surface area contributed by atoms with Crippen LogP contribution in [-0.4, -0.2) is 56.9 Å². The summed E-state index contributed by atoms with van der Waals surface area (Å²) in [4.78, 5) is 19.3. The number of rotatable bonds is 14. The first-order valence-electron chi connectivity index (χ1n) is 14.8. The number of benzene rings is 4. The first kappa shape index (κ1) is 32.6. The van der Waals surface area contributed by atoms with E-state index in [2.05, 4.69) is 5.32 Å². The van der Waals surface area contributed by atoms with Gasteiger partial charge in [0.2, 0.25) is 5.90 Å². The van der Waals surface area contributed by atoms with Crippen molar-refractivity contribution in [2.24, 2.45) is 4.99 Å². The summed E-state index contributed by atoms with van der Waals surface area (Å²) in [5, 5.41) is 11.8. The van der Waals surface area contributed by atoms with Crippen molar-refractivity contribution >= 4 is 21.6 Å². The third-order valence-electron chi connectivity index (χ3n) is 7.68. The predicted molar refractivity (Wildman–Crippen MR) is 171 cm³/mol. The van der Waals surface area contributed by atoms with E-state index in [1.807, 2.05) is 0 Å². The van der Waals surface area contributed by atoms with Gasteiger partial charge in [0.1, 0.15) is 17.3 Å². The topological polar surface area (TPSA) is 124 Å². The van der Waals surface area contributed by atoms with Crippen LogP contribution in [-0.2, 0) is 25.9 Å². The normalized spacial score (nSPS) is 17.5. The molecule has 0 aromatic heterocycles. The van der Waals surface area contributed by atoms with Gasteiger partial charge in [0, 0.05) is 37.1 Å². The Bertz CT molecular complexity index is 1780. The first-order chi connectivity index (χ1) is 22.3. The lowest BCUT2D eigenvalue weighted by Crippen LogP contribution is -2.49. The molecule has 1 aliphatic rings. The van der Waals surface area contributed by atoms with Crippen LogP contribution in [0.4, 0.5) is 4.39 Å². The maximum Gasteiger partial charge on any atom is 0.252 e. The number of hydrogen-bond acceptors (Lipinski definition) is 8. The van der Waals surface area contributed by atoms with Crippen LogP contribution < -0.4 is 14.8 Å². The summed E-state index contributed by atoms with van der Waals surface area (Å²) in [6.07, 6.45) is -0.804. The van der Waals surface area contributed by atoms with Gasteiger partial charge >= 0.3 is 0 Å². The van der Waals surface area contributed by atoms with Crippen LogP contribution in [0, 0.1) is 5.82 Å². The third kappa shape index (κ3) is 7.38. The monoisotopic (exact) mass is 646 g/mol. The molecule has 1 amide bonds. The highest BCUT2D eigenvalue weighted by molar-refractivity contribution is 7.91. The van der Waals surface area contributed by atoms with E-state index < -0.39 is 39.0 Å². The lowest BCUT2D eigenvalue weighted by atomic mass is 9.85. The van der Waals surface area contributed by atoms with Crippen LogP contribution in [0.3, 0.4) is 0 Å². The molecule has 4 aromatic rings. The minimum Gasteiger partial charge on any atom is -0.497 e. The number of nitrogens with zero attached hydrogens (tertiary/aromatic N) is 1. The van der Waals surface area contributed by atoms with Gasteiger partial charge in [-0.3, -0.25) is 4.79 Å². The van der Waals surface area contributed by atoms with E-state index in [0.29, 0.717) is 35.7 Å². The summed E-state index contributed by atoms with van der Waals surface area (Å²) in [5.41, 5.74) is -0.413. The van der Waals surface area contributed by atoms with E-state index in [4.69, 9.17) is 24.3 Å². The van der Waals surface area contributed by atoms with E-state index in [1.165, 1.54) is 25.3 Å². The zero-order chi connectivity index (χ0) is 32.6. The van der Waals surface area contributed by atoms with Crippen molar-refractivity contribution in [2.75, 3.05) is 26.1 Å². The molecule has 9 nitrogen and oxygen atoms in total. The quantitative estimate of drug-likeness (QED) is 0.184. The minimum atomic E-state index is -3.83. The van der Waals surface area contributed by atoms with Crippen LogP contribution in [0.25, 0.3) is 0 Å². The molecule has 0 saturated heterocycles. The Morgan fingerprint density at radius 1 is 0.978 bits per heavy atom. The Hall–Kier alpha value is -4.74. The molecule has 1 heterocycles. The maximum absolute atomic E-state index is 14.5. The molecule has 2 N–H and O–H groups in total. The number of carbonyl (C=O) groups is 1. The zero-order valence-electron chi connectivity index (χ0n) is 25.3. The highest BCUT2D eigenvalue weighted by atomic mass is 32.2. The number of ether oxygens (including phenoxy) is 3. The molecule has 0 spiro atoms. The molecule has 0 radical (unpaired) electrons. The van der Waals surface area contributed by atoms with Gasteiger partial charge in [0.15, 0.2) is 21.5 Å². The number of hydrogen-bond donors (Lipinski definition) is 2. The highest BCUT2D eigenvalue weighted by Crippen LogP contribution is 2.44. The number of aliphatic hydroxyl groups is 1. The molecule has 0 saturated carbocycles. The van der Waals surface area contributed by atoms with E-state index >= 15 is 0 Å². The van der Waals surface area contributed by atoms with Gasteiger partial charge in [-0.25, -0.2) is 17.8 Å². The van der Waals surface area contributed by atoms with E-state index in [0.717, 1.165) is 0 Å². The molecule has 5 rings (SSSR count). The Balaban J connectivity index is 1.57. The minimum absolute atomic E-state index is 0.00937. The van der Waals surface area contributed by atoms with Crippen LogP contribution in [0.2, 0.25) is 0 Å². The number of halogens is 1. The lowest BCUT2D eigenvalue weighted by molar-refractivity contribution is -0.129. The van der Waals surface area contributed by atoms with Crippen molar-refractivity contribution < 1.29 is 36.9 Å². The largest absolute Gasteiger partial charge is 0.497 e. The number of aliphatic imine (C=N–C) groups is 1. The van der Waals surface area contributed by atoms with Crippen LogP contribution in [0.5, 0.6) is 11.5 Å². The molecule has 1 aliphatic heterocycles. The van der Waals surface area contributed by atoms with Gasteiger partial charge in [0.05, 0.1) is 24.4 Å². The summed E-state index contributed by atoms with van der Waals surface area (Å²) in [5.74, 6) is -0.304. The van der Waals surface area contributed by atoms with Gasteiger partial charge in [-0.15, -0.1) is 0 Å². The second kappa shape index (κ2) is 14.6. The first-order valence-corrected chi connectivity index (χ1v) is 16.4. The SMILES string of the molecule is COc1cccc([C@H]2OC(c3ccc(OCCCO)cc3)=N[C@@]2(CCS(=O)(=O)c2ccccc2)C(=O)NCc2ccccc2F)c1. The summed E-state index contributed by atoms with van der Waals surface area (Å²) in [6.45, 7) is 0.204. The average Bonchev–Trinajstić information content (AvgIpc) is 3.49. The summed E-state index contributed by atoms with van der Waals surface area (Å²) >= 11 is 0. The Morgan fingerprint density at radius 3 is 2.43 bits per heavy atom. The Labute approximate surface area is 267 Å². The molecular weight excluding hydrogens is 611 g/mol. The number of nitrogens with one attached hydrogen (secondary N) is 1. The number of sulfone groups is 1. The van der Waals surface area contributed by atoms with Crippen molar-refractivity contribution in [3.05, 3.63) is 126 Å². The van der Waals surface area contributed by atoms with Crippen molar-refractivity contribution in [3.63, 3.8) is 0 Å². The lowest BCUT2D eigenvalue weighted by Gasteiger charge is -2.31. The van der Waals surface area contributed by atoms with Crippen LogP contribution in [0.1, 0.15) is 35.6 Å². The van der Waals surface area contributed by atoms with Crippen molar-refractivity contribution in [3.8, 4) is 11.5 Å². The fraction of sp³-hybridized carbons (Fsp3) is 0.257. The fourth-order valence-corrected chi connectivity index (χ4v) is 6.57. The highest BCUT2D eigenvalue weighted by Gasteiger charge is 2.53. The molecule has 0 fully saturated rings. The standard InChI is InChI=1S/C35H35FN2O7S/c1-43-29-11-7-10-26(23-29)32-35(19-22-46(41,42)30-12-3-2-4-13-30,34(40)37-24-27-9-5-6-14-31(27)36)38-33(45-32)25-15-17-28(18-16-25)44-21-8-20-39/h2-7,9-18,23,32,39H,8,19-22,24H2,1H3,(H,37,40)/t32-,35-/m1/s1. The van der Waals surface area contributed by atoms with Gasteiger partial charge in [-0.05, 0) is 60.2 Å². The van der Waals surface area contributed by atoms with Crippen molar-refractivity contribution in [1.29, 1.82) is 0 Å². The summed E-state index contributed by atoms with van der Waals surface area (Å²) in [7, 11) is -2.32. The van der Waals surface area contributed by atoms with Crippen molar-refractivity contribution in [1.82, 2.24) is 5.32 Å². The van der Waals surface area contributed by atoms with E-state index in [1.54, 1.807) is 84.9 Å². The average molecular weight is 647 g/mol. The second-order valence-electron chi connectivity index (χ2n) is 10.7. The summed E-state index contributed by atoms with van der Waals surface area (Å²) < 4.78 is 59.0. The van der Waals surface area contributed by atoms with Crippen molar-refractivity contribution in [2.45, 2.75) is 35.9 Å². The third-order valence-corrected chi connectivity index (χ3v) is 9.41. The van der Waals surface area contributed by atoms with Gasteiger partial charge in [-0.2, -0.15) is 0 Å². The molecule has 0 aliphatic carbocycles. The maximum atomic E-state index is 14.5. The smallest absolute Gasteiger partial charge is 0.252 e. The van der Waals surface area contributed by atoms with Gasteiger partial charge in [-0.1, -0.05) is 48.5 Å². The van der Waals surface area contributed by atoms with E-state index in [9.17, 15) is 17.6 Å². The molecule has 0 bridgehead atoms. The van der Waals surface area contributed by atoms with Gasteiger partial charge < -0.3 is 24.6 Å². The van der Waals surface area contributed by atoms with E-state index in [-0.39, 0.29) is 35.9 Å². The predicted octanol–water partition coefficient (Wildman–Crippen LogP) is 5.03. The molecular formula is C35H35FN2O7S. The molecule has 11 heteroatoms. The Kier molecular flexibility index (Phi) is 10.3. The zero-order valence-corrected chi connectivity index (χ0v) is 26.1. The van der Waals surface area contributed by atoms with Crippen LogP contribution in [0.15, 0.2) is 113 Å². The molecule has 0 unspecified atom stereocenters. The summed E-state index contributed by atoms with van der Waals surface area (Å²) in [6, 6.07) is 27.9. The fourth-order valence-electron chi connectivity index (χ4n) is 5.18. The number of amides is 1. The molecule has 240 valence electrons. The number of aliphatic hydroxyl groups excluding tert-OH is 1.